The number of thiophene rings is 1. The molecule has 2 aromatic heterocycles. The molecule has 0 radical (unpaired) electrons. The maximum atomic E-state index is 12.1. The van der Waals surface area contributed by atoms with Crippen molar-refractivity contribution in [1.82, 2.24) is 9.71 Å². The zero-order chi connectivity index (χ0) is 14.8. The molecule has 0 aliphatic heterocycles. The van der Waals surface area contributed by atoms with Gasteiger partial charge in [-0.05, 0) is 43.5 Å². The second kappa shape index (κ2) is 6.22. The minimum absolute atomic E-state index is 0.252. The van der Waals surface area contributed by atoms with E-state index in [4.69, 9.17) is 11.6 Å². The van der Waals surface area contributed by atoms with E-state index in [1.54, 1.807) is 19.2 Å². The van der Waals surface area contributed by atoms with Crippen LogP contribution in [-0.2, 0) is 16.4 Å². The van der Waals surface area contributed by atoms with Crippen molar-refractivity contribution < 1.29 is 8.42 Å². The van der Waals surface area contributed by atoms with Crippen LogP contribution in [0.2, 0.25) is 4.34 Å². The van der Waals surface area contributed by atoms with Gasteiger partial charge < -0.3 is 0 Å². The van der Waals surface area contributed by atoms with Crippen molar-refractivity contribution in [2.24, 2.45) is 0 Å². The van der Waals surface area contributed by atoms with Crippen LogP contribution in [0.4, 0.5) is 0 Å². The number of hydrogen-bond donors (Lipinski definition) is 1. The minimum atomic E-state index is -3.48. The van der Waals surface area contributed by atoms with Crippen LogP contribution in [0, 0.1) is 13.8 Å². The third-order valence-corrected chi connectivity index (χ3v) is 6.27. The summed E-state index contributed by atoms with van der Waals surface area (Å²) in [6.45, 7) is 4.03. The lowest BCUT2D eigenvalue weighted by atomic mass is 10.2. The smallest absolute Gasteiger partial charge is 0.250 e. The Morgan fingerprint density at radius 3 is 2.65 bits per heavy atom. The van der Waals surface area contributed by atoms with Gasteiger partial charge in [-0.3, -0.25) is 4.98 Å². The minimum Gasteiger partial charge on any atom is -0.261 e. The van der Waals surface area contributed by atoms with E-state index in [-0.39, 0.29) is 4.21 Å². The molecule has 0 aliphatic rings. The summed E-state index contributed by atoms with van der Waals surface area (Å²) in [6, 6.07) is 5.44. The zero-order valence-electron chi connectivity index (χ0n) is 11.2. The Kier molecular flexibility index (Phi) is 4.80. The summed E-state index contributed by atoms with van der Waals surface area (Å²) < 4.78 is 27.5. The third-order valence-electron chi connectivity index (χ3n) is 2.78. The van der Waals surface area contributed by atoms with Gasteiger partial charge in [0.1, 0.15) is 4.21 Å². The molecule has 0 atom stereocenters. The van der Waals surface area contributed by atoms with Crippen molar-refractivity contribution >= 4 is 33.0 Å². The molecule has 108 valence electrons. The normalized spacial score (nSPS) is 11.8. The van der Waals surface area contributed by atoms with Gasteiger partial charge in [0, 0.05) is 18.4 Å². The van der Waals surface area contributed by atoms with Crippen molar-refractivity contribution in [2.45, 2.75) is 24.5 Å². The van der Waals surface area contributed by atoms with E-state index in [9.17, 15) is 8.42 Å². The van der Waals surface area contributed by atoms with E-state index in [2.05, 4.69) is 9.71 Å². The molecule has 2 aromatic rings. The average Bonchev–Trinajstić information content (AvgIpc) is 2.73. The quantitative estimate of drug-likeness (QED) is 0.917. The molecule has 0 aromatic carbocycles. The van der Waals surface area contributed by atoms with Crippen LogP contribution in [0.15, 0.2) is 28.6 Å². The largest absolute Gasteiger partial charge is 0.261 e. The van der Waals surface area contributed by atoms with Gasteiger partial charge in [-0.2, -0.15) is 0 Å². The van der Waals surface area contributed by atoms with E-state index in [0.717, 1.165) is 28.2 Å². The highest BCUT2D eigenvalue weighted by molar-refractivity contribution is 7.91. The van der Waals surface area contributed by atoms with Gasteiger partial charge in [0.05, 0.1) is 4.34 Å². The monoisotopic (exact) mass is 330 g/mol. The highest BCUT2D eigenvalue weighted by Gasteiger charge is 2.17. The van der Waals surface area contributed by atoms with Crippen LogP contribution >= 0.6 is 22.9 Å². The predicted molar refractivity (Wildman–Crippen MR) is 81.9 cm³/mol. The van der Waals surface area contributed by atoms with Crippen LogP contribution in [0.5, 0.6) is 0 Å². The summed E-state index contributed by atoms with van der Waals surface area (Å²) in [5.74, 6) is 0. The third kappa shape index (κ3) is 3.79. The van der Waals surface area contributed by atoms with Crippen LogP contribution in [0.1, 0.15) is 16.8 Å². The van der Waals surface area contributed by atoms with Crippen molar-refractivity contribution in [3.63, 3.8) is 0 Å². The summed E-state index contributed by atoms with van der Waals surface area (Å²) in [5.41, 5.74) is 2.72. The summed E-state index contributed by atoms with van der Waals surface area (Å²) in [6.07, 6.45) is 2.36. The Hall–Kier alpha value is -0.950. The number of pyridine rings is 1. The van der Waals surface area contributed by atoms with Crippen molar-refractivity contribution in [2.75, 3.05) is 6.54 Å². The van der Waals surface area contributed by atoms with Gasteiger partial charge >= 0.3 is 0 Å². The van der Waals surface area contributed by atoms with E-state index < -0.39 is 10.0 Å². The highest BCUT2D eigenvalue weighted by Crippen LogP contribution is 2.29. The van der Waals surface area contributed by atoms with E-state index in [1.165, 1.54) is 0 Å². The topological polar surface area (TPSA) is 59.1 Å². The summed E-state index contributed by atoms with van der Waals surface area (Å²) in [5, 5.41) is 0. The summed E-state index contributed by atoms with van der Waals surface area (Å²) >= 11 is 6.97. The molecule has 2 rings (SSSR count). The van der Waals surface area contributed by atoms with Gasteiger partial charge in [-0.15, -0.1) is 11.3 Å². The molecule has 7 heteroatoms. The molecular weight excluding hydrogens is 316 g/mol. The fourth-order valence-electron chi connectivity index (χ4n) is 1.61. The summed E-state index contributed by atoms with van der Waals surface area (Å²) in [4.78, 5) is 4.17. The Morgan fingerprint density at radius 2 is 2.10 bits per heavy atom. The lowest BCUT2D eigenvalue weighted by Gasteiger charge is -2.04. The first-order valence-electron chi connectivity index (χ1n) is 6.05. The average molecular weight is 331 g/mol. The van der Waals surface area contributed by atoms with E-state index >= 15 is 0 Å². The van der Waals surface area contributed by atoms with Gasteiger partial charge in [-0.1, -0.05) is 17.7 Å². The number of aromatic nitrogens is 1. The second-order valence-electron chi connectivity index (χ2n) is 4.48. The van der Waals surface area contributed by atoms with E-state index in [0.29, 0.717) is 17.3 Å². The fraction of sp³-hybridized carbons (Fsp3) is 0.308. The van der Waals surface area contributed by atoms with Crippen molar-refractivity contribution in [3.8, 4) is 0 Å². The molecule has 0 unspecified atom stereocenters. The van der Waals surface area contributed by atoms with Crippen LogP contribution in [-0.4, -0.2) is 19.9 Å². The maximum Gasteiger partial charge on any atom is 0.250 e. The van der Waals surface area contributed by atoms with Gasteiger partial charge in [0.2, 0.25) is 10.0 Å². The van der Waals surface area contributed by atoms with Gasteiger partial charge in [0.25, 0.3) is 0 Å². The Morgan fingerprint density at radius 1 is 1.35 bits per heavy atom. The van der Waals surface area contributed by atoms with Crippen LogP contribution in [0.25, 0.3) is 0 Å². The van der Waals surface area contributed by atoms with Crippen LogP contribution < -0.4 is 4.72 Å². The zero-order valence-corrected chi connectivity index (χ0v) is 13.6. The molecule has 4 nitrogen and oxygen atoms in total. The highest BCUT2D eigenvalue weighted by atomic mass is 35.5. The van der Waals surface area contributed by atoms with Crippen LogP contribution in [0.3, 0.4) is 0 Å². The predicted octanol–water partition coefficient (Wildman–Crippen LogP) is 2.93. The Balaban J connectivity index is 1.97. The molecule has 1 N–H and O–H groups in total. The first-order chi connectivity index (χ1) is 9.38. The van der Waals surface area contributed by atoms with Gasteiger partial charge in [-0.25, -0.2) is 13.1 Å². The second-order valence-corrected chi connectivity index (χ2v) is 8.13. The number of rotatable bonds is 5. The van der Waals surface area contributed by atoms with Crippen molar-refractivity contribution in [3.05, 3.63) is 45.6 Å². The van der Waals surface area contributed by atoms with Gasteiger partial charge in [0.15, 0.2) is 0 Å². The summed E-state index contributed by atoms with van der Waals surface area (Å²) in [7, 11) is -3.48. The molecule has 0 aliphatic carbocycles. The Labute approximate surface area is 127 Å². The molecule has 20 heavy (non-hydrogen) atoms. The SMILES string of the molecule is Cc1ccc(CCNS(=O)(=O)c2cc(C)c(Cl)s2)cn1. The number of hydrogen-bond acceptors (Lipinski definition) is 4. The molecule has 0 saturated heterocycles. The lowest BCUT2D eigenvalue weighted by molar-refractivity contribution is 0.583. The molecular formula is C13H15ClN2O2S2. The number of aryl methyl sites for hydroxylation is 2. The number of halogens is 1. The number of sulfonamides is 1. The fourth-order valence-corrected chi connectivity index (χ4v) is 4.40. The maximum absolute atomic E-state index is 12.1. The van der Waals surface area contributed by atoms with Crippen molar-refractivity contribution in [1.29, 1.82) is 0 Å². The molecule has 0 bridgehead atoms. The number of nitrogens with zero attached hydrogens (tertiary/aromatic N) is 1. The number of nitrogens with one attached hydrogen (secondary N) is 1. The molecule has 0 amide bonds. The first kappa shape index (κ1) is 15.4. The molecule has 0 saturated carbocycles. The van der Waals surface area contributed by atoms with E-state index in [1.807, 2.05) is 19.1 Å². The molecule has 0 spiro atoms. The lowest BCUT2D eigenvalue weighted by Crippen LogP contribution is -2.25. The molecule has 0 fully saturated rings. The first-order valence-corrected chi connectivity index (χ1v) is 8.73. The molecule has 2 heterocycles. The standard InChI is InChI=1S/C13H15ClN2O2S2/c1-9-7-12(19-13(9)14)20(17,18)16-6-5-11-4-3-10(2)15-8-11/h3-4,7-8,16H,5-6H2,1-2H3. The Bertz CT molecular complexity index is 674.